The Morgan fingerprint density at radius 2 is 2.08 bits per heavy atom. The predicted molar refractivity (Wildman–Crippen MR) is 54.5 cm³/mol. The van der Waals surface area contributed by atoms with Gasteiger partial charge in [0.15, 0.2) is 0 Å². The zero-order chi connectivity index (χ0) is 9.14. The molecule has 66 valence electrons. The van der Waals surface area contributed by atoms with Crippen LogP contribution in [0.15, 0.2) is 17.0 Å². The second kappa shape index (κ2) is 4.06. The van der Waals surface area contributed by atoms with Gasteiger partial charge in [0.1, 0.15) is 5.75 Å². The van der Waals surface area contributed by atoms with Gasteiger partial charge in [-0.15, -0.1) is 11.8 Å². The number of halogens is 1. The molecule has 0 unspecified atom stereocenters. The van der Waals surface area contributed by atoms with E-state index in [1.165, 1.54) is 0 Å². The fourth-order valence-corrected chi connectivity index (χ4v) is 2.04. The minimum Gasteiger partial charge on any atom is -0.496 e. The highest BCUT2D eigenvalue weighted by Crippen LogP contribution is 2.34. The van der Waals surface area contributed by atoms with Gasteiger partial charge >= 0.3 is 0 Å². The number of hydrogen-bond acceptors (Lipinski definition) is 2. The largest absolute Gasteiger partial charge is 0.496 e. The molecule has 12 heavy (non-hydrogen) atoms. The van der Waals surface area contributed by atoms with Gasteiger partial charge in [0.05, 0.1) is 12.0 Å². The highest BCUT2D eigenvalue weighted by molar-refractivity contribution is 7.98. The fraction of sp³-hybridized carbons (Fsp3) is 0.333. The Kier molecular flexibility index (Phi) is 3.29. The maximum atomic E-state index is 5.95. The molecule has 0 aliphatic rings. The molecule has 0 aliphatic heterocycles. The molecule has 0 bridgehead atoms. The van der Waals surface area contributed by atoms with Gasteiger partial charge in [-0.1, -0.05) is 11.6 Å². The van der Waals surface area contributed by atoms with Gasteiger partial charge in [-0.25, -0.2) is 0 Å². The Balaban J connectivity index is 3.25. The Labute approximate surface area is 82.1 Å². The molecule has 0 heterocycles. The molecular formula is C9H11ClOS. The summed E-state index contributed by atoms with van der Waals surface area (Å²) in [5, 5.41) is 0.792. The van der Waals surface area contributed by atoms with E-state index >= 15 is 0 Å². The van der Waals surface area contributed by atoms with Crippen LogP contribution in [0.1, 0.15) is 5.56 Å². The van der Waals surface area contributed by atoms with E-state index in [-0.39, 0.29) is 0 Å². The van der Waals surface area contributed by atoms with Crippen molar-refractivity contribution in [1.29, 1.82) is 0 Å². The number of ether oxygens (including phenoxy) is 1. The van der Waals surface area contributed by atoms with Crippen molar-refractivity contribution >= 4 is 23.4 Å². The van der Waals surface area contributed by atoms with Crippen LogP contribution >= 0.6 is 23.4 Å². The molecule has 0 saturated heterocycles. The topological polar surface area (TPSA) is 9.23 Å². The van der Waals surface area contributed by atoms with E-state index in [1.807, 2.05) is 25.3 Å². The highest BCUT2D eigenvalue weighted by Gasteiger charge is 2.07. The monoisotopic (exact) mass is 202 g/mol. The van der Waals surface area contributed by atoms with Gasteiger partial charge < -0.3 is 4.74 Å². The van der Waals surface area contributed by atoms with Gasteiger partial charge in [-0.05, 0) is 30.9 Å². The lowest BCUT2D eigenvalue weighted by Gasteiger charge is -2.09. The summed E-state index contributed by atoms with van der Waals surface area (Å²) >= 11 is 7.60. The molecule has 1 aromatic rings. The molecule has 1 aromatic carbocycles. The van der Waals surface area contributed by atoms with Crippen LogP contribution in [-0.2, 0) is 0 Å². The lowest BCUT2D eigenvalue weighted by Crippen LogP contribution is -1.89. The van der Waals surface area contributed by atoms with E-state index < -0.39 is 0 Å². The third-order valence-corrected chi connectivity index (χ3v) is 3.05. The summed E-state index contributed by atoms with van der Waals surface area (Å²) in [5.74, 6) is 0.893. The molecule has 3 heteroatoms. The molecule has 0 saturated carbocycles. The second-order valence-electron chi connectivity index (χ2n) is 2.41. The first kappa shape index (κ1) is 9.75. The first-order valence-corrected chi connectivity index (χ1v) is 5.18. The summed E-state index contributed by atoms with van der Waals surface area (Å²) in [7, 11) is 1.67. The molecule has 0 atom stereocenters. The molecule has 0 N–H and O–H groups in total. The first-order chi connectivity index (χ1) is 5.70. The predicted octanol–water partition coefficient (Wildman–Crippen LogP) is 3.38. The Morgan fingerprint density at radius 3 is 2.58 bits per heavy atom. The van der Waals surface area contributed by atoms with E-state index in [1.54, 1.807) is 18.9 Å². The maximum Gasteiger partial charge on any atom is 0.132 e. The Bertz CT molecular complexity index is 286. The van der Waals surface area contributed by atoms with Gasteiger partial charge in [0.25, 0.3) is 0 Å². The smallest absolute Gasteiger partial charge is 0.132 e. The van der Waals surface area contributed by atoms with E-state index in [4.69, 9.17) is 16.3 Å². The molecule has 0 aliphatic carbocycles. The van der Waals surface area contributed by atoms with Crippen LogP contribution < -0.4 is 4.74 Å². The van der Waals surface area contributed by atoms with Crippen LogP contribution in [0.3, 0.4) is 0 Å². The number of hydrogen-bond donors (Lipinski definition) is 0. The summed E-state index contributed by atoms with van der Waals surface area (Å²) in [6.45, 7) is 2.00. The third kappa shape index (κ3) is 1.70. The average Bonchev–Trinajstić information content (AvgIpc) is 2.09. The zero-order valence-electron chi connectivity index (χ0n) is 7.35. The van der Waals surface area contributed by atoms with E-state index in [0.29, 0.717) is 0 Å². The lowest BCUT2D eigenvalue weighted by molar-refractivity contribution is 0.404. The normalized spacial score (nSPS) is 10.0. The Morgan fingerprint density at radius 1 is 1.42 bits per heavy atom. The van der Waals surface area contributed by atoms with Crippen molar-refractivity contribution in [1.82, 2.24) is 0 Å². The van der Waals surface area contributed by atoms with E-state index in [2.05, 4.69) is 0 Å². The molecule has 1 nitrogen and oxygen atoms in total. The van der Waals surface area contributed by atoms with Crippen molar-refractivity contribution in [3.8, 4) is 5.75 Å². The number of benzene rings is 1. The quantitative estimate of drug-likeness (QED) is 0.680. The van der Waals surface area contributed by atoms with Crippen molar-refractivity contribution in [2.75, 3.05) is 13.4 Å². The van der Waals surface area contributed by atoms with Crippen LogP contribution in [0.2, 0.25) is 5.02 Å². The van der Waals surface area contributed by atoms with Crippen LogP contribution in [0.25, 0.3) is 0 Å². The van der Waals surface area contributed by atoms with Gasteiger partial charge in [-0.3, -0.25) is 0 Å². The van der Waals surface area contributed by atoms with Crippen molar-refractivity contribution in [2.45, 2.75) is 11.8 Å². The molecule has 0 amide bonds. The first-order valence-electron chi connectivity index (χ1n) is 3.57. The summed E-state index contributed by atoms with van der Waals surface area (Å²) in [6, 6.07) is 3.75. The number of rotatable bonds is 2. The summed E-state index contributed by atoms with van der Waals surface area (Å²) < 4.78 is 5.19. The SMILES string of the molecule is COc1ccc(Cl)c(C)c1SC. The summed E-state index contributed by atoms with van der Waals surface area (Å²) in [6.07, 6.45) is 2.02. The minimum absolute atomic E-state index is 0.792. The lowest BCUT2D eigenvalue weighted by atomic mass is 10.2. The van der Waals surface area contributed by atoms with Crippen molar-refractivity contribution in [3.63, 3.8) is 0 Å². The standard InChI is InChI=1S/C9H11ClOS/c1-6-7(10)4-5-8(11-2)9(6)12-3/h4-5H,1-3H3. The average molecular weight is 203 g/mol. The molecule has 0 radical (unpaired) electrons. The van der Waals surface area contributed by atoms with E-state index in [0.717, 1.165) is 21.2 Å². The third-order valence-electron chi connectivity index (χ3n) is 1.73. The van der Waals surface area contributed by atoms with Crippen LogP contribution in [0, 0.1) is 6.92 Å². The van der Waals surface area contributed by atoms with Crippen LogP contribution in [-0.4, -0.2) is 13.4 Å². The van der Waals surface area contributed by atoms with E-state index in [9.17, 15) is 0 Å². The molecule has 0 fully saturated rings. The molecule has 0 spiro atoms. The zero-order valence-corrected chi connectivity index (χ0v) is 8.92. The second-order valence-corrected chi connectivity index (χ2v) is 3.63. The van der Waals surface area contributed by atoms with Gasteiger partial charge in [-0.2, -0.15) is 0 Å². The number of methoxy groups -OCH3 is 1. The fourth-order valence-electron chi connectivity index (χ4n) is 1.06. The van der Waals surface area contributed by atoms with Crippen molar-refractivity contribution in [3.05, 3.63) is 22.7 Å². The van der Waals surface area contributed by atoms with Crippen LogP contribution in [0.4, 0.5) is 0 Å². The minimum atomic E-state index is 0.792. The number of thioether (sulfide) groups is 1. The highest BCUT2D eigenvalue weighted by atomic mass is 35.5. The molecule has 1 rings (SSSR count). The van der Waals surface area contributed by atoms with Gasteiger partial charge in [0, 0.05) is 5.02 Å². The molecule has 0 aromatic heterocycles. The maximum absolute atomic E-state index is 5.95. The summed E-state index contributed by atoms with van der Waals surface area (Å²) in [4.78, 5) is 1.12. The van der Waals surface area contributed by atoms with Crippen LogP contribution in [0.5, 0.6) is 5.75 Å². The molecular weight excluding hydrogens is 192 g/mol. The van der Waals surface area contributed by atoms with Gasteiger partial charge in [0.2, 0.25) is 0 Å². The Hall–Kier alpha value is -0.340. The van der Waals surface area contributed by atoms with Crippen molar-refractivity contribution < 1.29 is 4.74 Å². The summed E-state index contributed by atoms with van der Waals surface area (Å²) in [5.41, 5.74) is 1.09. The van der Waals surface area contributed by atoms with Crippen molar-refractivity contribution in [2.24, 2.45) is 0 Å².